The number of ether oxygens (including phenoxy) is 2. The van der Waals surface area contributed by atoms with Gasteiger partial charge in [-0.2, -0.15) is 0 Å². The number of nitrogens with zero attached hydrogens (tertiary/aromatic N) is 6. The molecule has 8 heteroatoms. The Bertz CT molecular complexity index is 839. The summed E-state index contributed by atoms with van der Waals surface area (Å²) in [4.78, 5) is 0. The molecule has 2 aromatic rings. The molecular formula is C17H24N6O2. The smallest absolute Gasteiger partial charge is 0.354 e. The Hall–Kier alpha value is -3.03. The number of hydrogen-bond donors (Lipinski definition) is 0. The Balaban J connectivity index is 0.00000312. The molecule has 0 N–H and O–H groups in total. The van der Waals surface area contributed by atoms with E-state index in [1.807, 2.05) is 47.8 Å². The maximum Gasteiger partial charge on any atom is 0.354 e. The number of aromatic nitrogens is 2. The zero-order valence-corrected chi connectivity index (χ0v) is 15.5. The van der Waals surface area contributed by atoms with Crippen LogP contribution in [0.1, 0.15) is 6.92 Å². The molecule has 0 amide bonds. The van der Waals surface area contributed by atoms with Crippen molar-refractivity contribution in [3.05, 3.63) is 49.6 Å². The van der Waals surface area contributed by atoms with E-state index in [-0.39, 0.29) is 7.43 Å². The molecule has 0 aliphatic heterocycles. The second-order valence-electron chi connectivity index (χ2n) is 5.02. The van der Waals surface area contributed by atoms with Gasteiger partial charge in [0.1, 0.15) is 11.5 Å². The van der Waals surface area contributed by atoms with Gasteiger partial charge in [0.25, 0.3) is 0 Å². The summed E-state index contributed by atoms with van der Waals surface area (Å²) < 4.78 is 14.0. The van der Waals surface area contributed by atoms with E-state index in [0.717, 1.165) is 0 Å². The first kappa shape index (κ1) is 20.0. The maximum atomic E-state index is 5.18. The lowest BCUT2D eigenvalue weighted by atomic mass is 10.4. The molecular weight excluding hydrogens is 320 g/mol. The van der Waals surface area contributed by atoms with E-state index in [2.05, 4.69) is 20.4 Å². The number of hydrogen-bond acceptors (Lipinski definition) is 5. The van der Waals surface area contributed by atoms with Crippen LogP contribution in [-0.2, 0) is 14.1 Å². The number of amidine groups is 1. The van der Waals surface area contributed by atoms with Gasteiger partial charge in [-0.3, -0.25) is 0 Å². The third kappa shape index (κ3) is 5.52. The largest absolute Gasteiger partial charge is 0.497 e. The van der Waals surface area contributed by atoms with Crippen LogP contribution in [0.5, 0.6) is 11.5 Å². The molecule has 134 valence electrons. The fraction of sp³-hybridized carbons (Fsp3) is 0.294. The average molecular weight is 344 g/mol. The van der Waals surface area contributed by atoms with Crippen LogP contribution >= 0.6 is 0 Å². The minimum atomic E-state index is 0. The van der Waals surface area contributed by atoms with Gasteiger partial charge in [-0.25, -0.2) is 4.57 Å². The van der Waals surface area contributed by atoms with Gasteiger partial charge in [-0.15, -0.1) is 10.2 Å². The molecule has 0 spiro atoms. The Morgan fingerprint density at radius 3 is 2.48 bits per heavy atom. The van der Waals surface area contributed by atoms with Gasteiger partial charge < -0.3 is 21.5 Å². The zero-order chi connectivity index (χ0) is 17.5. The van der Waals surface area contributed by atoms with Crippen molar-refractivity contribution >= 4 is 11.7 Å². The highest BCUT2D eigenvalue weighted by Crippen LogP contribution is 2.14. The quantitative estimate of drug-likeness (QED) is 0.213. The molecule has 0 atom stereocenters. The summed E-state index contributed by atoms with van der Waals surface area (Å²) in [6.45, 7) is 1.73. The van der Waals surface area contributed by atoms with E-state index in [1.54, 1.807) is 33.3 Å². The van der Waals surface area contributed by atoms with Crippen molar-refractivity contribution in [2.45, 2.75) is 6.92 Å². The summed E-state index contributed by atoms with van der Waals surface area (Å²) in [6.07, 6.45) is 3.70. The lowest BCUT2D eigenvalue weighted by molar-refractivity contribution is -0.658. The maximum absolute atomic E-state index is 5.18. The molecule has 0 saturated heterocycles. The van der Waals surface area contributed by atoms with Crippen LogP contribution in [-0.4, -0.2) is 24.6 Å². The van der Waals surface area contributed by atoms with Crippen LogP contribution in [0.2, 0.25) is 0 Å². The first-order chi connectivity index (χ1) is 11.5. The molecule has 8 nitrogen and oxygen atoms in total. The van der Waals surface area contributed by atoms with Crippen LogP contribution in [0.4, 0.5) is 5.82 Å². The predicted molar refractivity (Wildman–Crippen MR) is 95.7 cm³/mol. The van der Waals surface area contributed by atoms with Gasteiger partial charge in [-0.1, -0.05) is 0 Å². The van der Waals surface area contributed by atoms with Gasteiger partial charge in [0.15, 0.2) is 11.3 Å². The lowest BCUT2D eigenvalue weighted by Crippen LogP contribution is -2.27. The summed E-state index contributed by atoms with van der Waals surface area (Å²) >= 11 is 0. The van der Waals surface area contributed by atoms with E-state index in [4.69, 9.17) is 9.47 Å². The number of aryl methyl sites for hydroxylation is 2. The van der Waals surface area contributed by atoms with E-state index in [9.17, 15) is 0 Å². The van der Waals surface area contributed by atoms with Crippen molar-refractivity contribution in [3.63, 3.8) is 0 Å². The van der Waals surface area contributed by atoms with Crippen molar-refractivity contribution in [2.24, 2.45) is 34.5 Å². The first-order valence-corrected chi connectivity index (χ1v) is 7.28. The second-order valence-corrected chi connectivity index (χ2v) is 5.02. The molecule has 2 aromatic heterocycles. The lowest BCUT2D eigenvalue weighted by Gasteiger charge is -2.01. The Morgan fingerprint density at radius 2 is 1.80 bits per heavy atom. The average Bonchev–Trinajstić information content (AvgIpc) is 2.60. The molecule has 0 unspecified atom stereocenters. The van der Waals surface area contributed by atoms with Crippen LogP contribution in [0.15, 0.2) is 57.1 Å². The second kappa shape index (κ2) is 9.31. The van der Waals surface area contributed by atoms with Crippen LogP contribution in [0.25, 0.3) is 0 Å². The van der Waals surface area contributed by atoms with E-state index in [1.165, 1.54) is 0 Å². The molecule has 2 heterocycles. The summed E-state index contributed by atoms with van der Waals surface area (Å²) in [6, 6.07) is 7.27. The summed E-state index contributed by atoms with van der Waals surface area (Å²) in [7, 11) is 6.97. The third-order valence-corrected chi connectivity index (χ3v) is 3.26. The van der Waals surface area contributed by atoms with Crippen LogP contribution in [0, 0.1) is 7.43 Å². The zero-order valence-electron chi connectivity index (χ0n) is 15.5. The van der Waals surface area contributed by atoms with Gasteiger partial charge in [0.2, 0.25) is 0 Å². The molecule has 0 aliphatic rings. The minimum Gasteiger partial charge on any atom is -0.497 e. The summed E-state index contributed by atoms with van der Waals surface area (Å²) in [5.41, 5.74) is 0.649. The molecule has 0 aromatic carbocycles. The van der Waals surface area contributed by atoms with Crippen molar-refractivity contribution in [2.75, 3.05) is 14.2 Å². The molecule has 0 bridgehead atoms. The van der Waals surface area contributed by atoms with Crippen molar-refractivity contribution in [1.29, 1.82) is 0 Å². The van der Waals surface area contributed by atoms with Gasteiger partial charge in [0, 0.05) is 32.3 Å². The number of azo groups is 1. The molecule has 0 aliphatic carbocycles. The Morgan fingerprint density at radius 1 is 1.12 bits per heavy atom. The summed E-state index contributed by atoms with van der Waals surface area (Å²) in [5.74, 6) is 2.51. The normalized spacial score (nSPS) is 12.2. The van der Waals surface area contributed by atoms with Crippen LogP contribution < -0.4 is 19.5 Å². The number of pyridine rings is 2. The highest BCUT2D eigenvalue weighted by Gasteiger charge is 2.08. The van der Waals surface area contributed by atoms with Gasteiger partial charge >= 0.3 is 5.82 Å². The first-order valence-electron chi connectivity index (χ1n) is 7.28. The van der Waals surface area contributed by atoms with Gasteiger partial charge in [-0.05, 0) is 11.2 Å². The standard InChI is InChI=1S/C16H21N6O2.CH3/c1-12(17-19-15-10-13(23-4)6-8-21(15)2)18-20-16-11-14(24-5)7-9-22(16)3;/h6-11H,1-5H3;1H3/q+1;-1. The van der Waals surface area contributed by atoms with Gasteiger partial charge in [0.05, 0.1) is 38.6 Å². The Kier molecular flexibility index (Phi) is 7.45. The highest BCUT2D eigenvalue weighted by atomic mass is 16.5. The fourth-order valence-electron chi connectivity index (χ4n) is 1.80. The number of methoxy groups -OCH3 is 2. The molecule has 2 rings (SSSR count). The fourth-order valence-corrected chi connectivity index (χ4v) is 1.80. The SMILES string of the molecule is COc1cc[n+](C)c(N=N/C(C)=N/N=c2\cc(OC)ccn2C)c1.[CH3-]. The monoisotopic (exact) mass is 344 g/mol. The Labute approximate surface area is 147 Å². The third-order valence-electron chi connectivity index (χ3n) is 3.26. The molecule has 0 radical (unpaired) electrons. The minimum absolute atomic E-state index is 0. The van der Waals surface area contributed by atoms with E-state index >= 15 is 0 Å². The molecule has 0 saturated carbocycles. The predicted octanol–water partition coefficient (Wildman–Crippen LogP) is 2.34. The summed E-state index contributed by atoms with van der Waals surface area (Å²) in [5, 5.41) is 16.5. The van der Waals surface area contributed by atoms with Crippen molar-refractivity contribution in [3.8, 4) is 11.5 Å². The molecule has 0 fully saturated rings. The highest BCUT2D eigenvalue weighted by molar-refractivity contribution is 5.79. The van der Waals surface area contributed by atoms with Crippen LogP contribution in [0.3, 0.4) is 0 Å². The molecule has 25 heavy (non-hydrogen) atoms. The topological polar surface area (TPSA) is 76.7 Å². The van der Waals surface area contributed by atoms with Crippen molar-refractivity contribution in [1.82, 2.24) is 4.57 Å². The number of rotatable bonds is 4. The van der Waals surface area contributed by atoms with E-state index < -0.39 is 0 Å². The van der Waals surface area contributed by atoms with E-state index in [0.29, 0.717) is 28.6 Å². The van der Waals surface area contributed by atoms with Crippen molar-refractivity contribution < 1.29 is 14.0 Å².